The SMILES string of the molecule is CCOc1ccc(C2C(C#N)=C(N)Oc3cc(OC(=O)COc4ccc(Cl)cc4C)ccc32)cc1. The summed E-state index contributed by atoms with van der Waals surface area (Å²) in [4.78, 5) is 12.4. The van der Waals surface area contributed by atoms with Crippen LogP contribution in [0.2, 0.25) is 5.02 Å². The molecule has 35 heavy (non-hydrogen) atoms. The second-order valence-corrected chi connectivity index (χ2v) is 8.24. The molecule has 0 spiro atoms. The van der Waals surface area contributed by atoms with Gasteiger partial charge in [-0.1, -0.05) is 29.8 Å². The number of nitrogens with two attached hydrogens (primary N) is 1. The van der Waals surface area contributed by atoms with Gasteiger partial charge in [0.2, 0.25) is 5.88 Å². The van der Waals surface area contributed by atoms with Crippen molar-refractivity contribution in [3.63, 3.8) is 0 Å². The molecule has 2 N–H and O–H groups in total. The first-order chi connectivity index (χ1) is 16.9. The maximum atomic E-state index is 12.4. The molecule has 0 aromatic heterocycles. The molecule has 0 amide bonds. The van der Waals surface area contributed by atoms with E-state index in [-0.39, 0.29) is 18.2 Å². The Labute approximate surface area is 208 Å². The zero-order valence-corrected chi connectivity index (χ0v) is 20.0. The molecule has 0 fully saturated rings. The summed E-state index contributed by atoms with van der Waals surface area (Å²) >= 11 is 5.95. The molecule has 7 nitrogen and oxygen atoms in total. The van der Waals surface area contributed by atoms with Gasteiger partial charge in [0.05, 0.1) is 12.5 Å². The van der Waals surface area contributed by atoms with Crippen LogP contribution in [0.25, 0.3) is 0 Å². The fraction of sp³-hybridized carbons (Fsp3) is 0.185. The lowest BCUT2D eigenvalue weighted by Crippen LogP contribution is -2.21. The summed E-state index contributed by atoms with van der Waals surface area (Å²) in [6.45, 7) is 4.02. The van der Waals surface area contributed by atoms with Crippen LogP contribution in [-0.2, 0) is 4.79 Å². The highest BCUT2D eigenvalue weighted by molar-refractivity contribution is 6.30. The molecule has 0 saturated heterocycles. The van der Waals surface area contributed by atoms with E-state index in [1.54, 1.807) is 36.4 Å². The van der Waals surface area contributed by atoms with Crippen molar-refractivity contribution in [2.45, 2.75) is 19.8 Å². The number of benzene rings is 3. The molecule has 0 aliphatic carbocycles. The van der Waals surface area contributed by atoms with Gasteiger partial charge < -0.3 is 24.7 Å². The average Bonchev–Trinajstić information content (AvgIpc) is 2.83. The Bertz CT molecular complexity index is 1330. The second kappa shape index (κ2) is 10.4. The Hall–Kier alpha value is -4.15. The maximum Gasteiger partial charge on any atom is 0.349 e. The van der Waals surface area contributed by atoms with Gasteiger partial charge in [0.15, 0.2) is 6.61 Å². The van der Waals surface area contributed by atoms with Crippen molar-refractivity contribution in [2.75, 3.05) is 13.2 Å². The molecule has 4 rings (SSSR count). The van der Waals surface area contributed by atoms with Crippen LogP contribution in [0.3, 0.4) is 0 Å². The van der Waals surface area contributed by atoms with Crippen molar-refractivity contribution in [1.82, 2.24) is 0 Å². The molecule has 1 unspecified atom stereocenters. The first-order valence-electron chi connectivity index (χ1n) is 10.9. The predicted molar refractivity (Wildman–Crippen MR) is 131 cm³/mol. The van der Waals surface area contributed by atoms with E-state index >= 15 is 0 Å². The van der Waals surface area contributed by atoms with Gasteiger partial charge in [-0.15, -0.1) is 0 Å². The Morgan fingerprint density at radius 3 is 2.51 bits per heavy atom. The topological polar surface area (TPSA) is 104 Å². The van der Waals surface area contributed by atoms with Crippen molar-refractivity contribution >= 4 is 17.6 Å². The molecule has 1 atom stereocenters. The minimum Gasteiger partial charge on any atom is -0.494 e. The fourth-order valence-electron chi connectivity index (χ4n) is 3.84. The van der Waals surface area contributed by atoms with E-state index in [4.69, 9.17) is 36.3 Å². The van der Waals surface area contributed by atoms with Crippen LogP contribution in [0.15, 0.2) is 72.1 Å². The minimum atomic E-state index is -0.584. The summed E-state index contributed by atoms with van der Waals surface area (Å²) in [5.74, 6) is 0.935. The molecular weight excluding hydrogens is 468 g/mol. The third-order valence-electron chi connectivity index (χ3n) is 5.43. The number of nitrogens with zero attached hydrogens (tertiary/aromatic N) is 1. The number of esters is 1. The molecule has 3 aromatic carbocycles. The van der Waals surface area contributed by atoms with E-state index in [0.717, 1.165) is 22.4 Å². The average molecular weight is 491 g/mol. The van der Waals surface area contributed by atoms with Crippen LogP contribution in [-0.4, -0.2) is 19.2 Å². The summed E-state index contributed by atoms with van der Waals surface area (Å²) in [5.41, 5.74) is 8.77. The van der Waals surface area contributed by atoms with Crippen LogP contribution < -0.4 is 24.7 Å². The van der Waals surface area contributed by atoms with Crippen molar-refractivity contribution in [1.29, 1.82) is 5.26 Å². The number of carbonyl (C=O) groups is 1. The van der Waals surface area contributed by atoms with Crippen LogP contribution in [0.1, 0.15) is 29.5 Å². The molecule has 1 aliphatic heterocycles. The highest BCUT2D eigenvalue weighted by atomic mass is 35.5. The molecule has 0 saturated carbocycles. The van der Waals surface area contributed by atoms with Gasteiger partial charge >= 0.3 is 5.97 Å². The van der Waals surface area contributed by atoms with Crippen molar-refractivity contribution in [2.24, 2.45) is 5.73 Å². The summed E-state index contributed by atoms with van der Waals surface area (Å²) in [5, 5.41) is 10.3. The number of allylic oxidation sites excluding steroid dienone is 1. The normalized spacial score (nSPS) is 14.4. The minimum absolute atomic E-state index is 0.00362. The Morgan fingerprint density at radius 2 is 1.83 bits per heavy atom. The number of hydrogen-bond acceptors (Lipinski definition) is 7. The van der Waals surface area contributed by atoms with Gasteiger partial charge in [0.25, 0.3) is 0 Å². The van der Waals surface area contributed by atoms with E-state index in [0.29, 0.717) is 28.7 Å². The van der Waals surface area contributed by atoms with E-state index < -0.39 is 11.9 Å². The van der Waals surface area contributed by atoms with Crippen molar-refractivity contribution in [3.05, 3.63) is 93.8 Å². The van der Waals surface area contributed by atoms with Gasteiger partial charge in [-0.3, -0.25) is 0 Å². The molecule has 3 aromatic rings. The van der Waals surface area contributed by atoms with Crippen molar-refractivity contribution < 1.29 is 23.7 Å². The first-order valence-corrected chi connectivity index (χ1v) is 11.3. The number of nitriles is 1. The zero-order chi connectivity index (χ0) is 24.9. The molecule has 0 radical (unpaired) electrons. The molecular formula is C27H23ClN2O5. The number of halogens is 1. The van der Waals surface area contributed by atoms with E-state index in [1.807, 2.05) is 38.1 Å². The monoisotopic (exact) mass is 490 g/mol. The molecule has 1 heterocycles. The van der Waals surface area contributed by atoms with Gasteiger partial charge in [0.1, 0.15) is 34.6 Å². The Balaban J connectivity index is 1.53. The fourth-order valence-corrected chi connectivity index (χ4v) is 4.06. The van der Waals surface area contributed by atoms with E-state index in [9.17, 15) is 10.1 Å². The lowest BCUT2D eigenvalue weighted by Gasteiger charge is -2.26. The zero-order valence-electron chi connectivity index (χ0n) is 19.2. The quantitative estimate of drug-likeness (QED) is 0.356. The van der Waals surface area contributed by atoms with Gasteiger partial charge in [-0.25, -0.2) is 4.79 Å². The van der Waals surface area contributed by atoms with Gasteiger partial charge in [0, 0.05) is 16.7 Å². The summed E-state index contributed by atoms with van der Waals surface area (Å²) in [7, 11) is 0. The van der Waals surface area contributed by atoms with Crippen molar-refractivity contribution in [3.8, 4) is 29.1 Å². The van der Waals surface area contributed by atoms with E-state index in [1.165, 1.54) is 0 Å². The highest BCUT2D eigenvalue weighted by Gasteiger charge is 2.31. The van der Waals surface area contributed by atoms with E-state index in [2.05, 4.69) is 6.07 Å². The second-order valence-electron chi connectivity index (χ2n) is 7.80. The lowest BCUT2D eigenvalue weighted by atomic mass is 9.83. The van der Waals surface area contributed by atoms with Gasteiger partial charge in [-0.05, 0) is 61.4 Å². The van der Waals surface area contributed by atoms with Crippen LogP contribution >= 0.6 is 11.6 Å². The number of fused-ring (bicyclic) bond motifs is 1. The number of ether oxygens (including phenoxy) is 4. The number of hydrogen-bond donors (Lipinski definition) is 1. The third kappa shape index (κ3) is 5.34. The van der Waals surface area contributed by atoms with Crippen LogP contribution in [0.5, 0.6) is 23.0 Å². The number of rotatable bonds is 7. The third-order valence-corrected chi connectivity index (χ3v) is 5.66. The Kier molecular flexibility index (Phi) is 7.14. The molecule has 0 bridgehead atoms. The smallest absolute Gasteiger partial charge is 0.349 e. The predicted octanol–water partition coefficient (Wildman–Crippen LogP) is 5.25. The summed E-state index contributed by atoms with van der Waals surface area (Å²) in [6, 6.07) is 19.7. The summed E-state index contributed by atoms with van der Waals surface area (Å²) < 4.78 is 22.2. The largest absolute Gasteiger partial charge is 0.494 e. The standard InChI is InChI=1S/C27H23ClN2O5/c1-3-32-19-7-4-17(5-8-19)26-21-10-9-20(13-24(21)35-27(30)22(26)14-29)34-25(31)15-33-23-11-6-18(28)12-16(23)2/h4-13,26H,3,15,30H2,1-2H3. The van der Waals surface area contributed by atoms with Crippen LogP contribution in [0.4, 0.5) is 0 Å². The molecule has 178 valence electrons. The molecule has 8 heteroatoms. The lowest BCUT2D eigenvalue weighted by molar-refractivity contribution is -0.136. The Morgan fingerprint density at radius 1 is 1.09 bits per heavy atom. The number of aryl methyl sites for hydroxylation is 1. The maximum absolute atomic E-state index is 12.4. The highest BCUT2D eigenvalue weighted by Crippen LogP contribution is 2.43. The summed E-state index contributed by atoms with van der Waals surface area (Å²) in [6.07, 6.45) is 0. The molecule has 1 aliphatic rings. The first kappa shape index (κ1) is 24.0. The number of carbonyl (C=O) groups excluding carboxylic acids is 1. The van der Waals surface area contributed by atoms with Gasteiger partial charge in [-0.2, -0.15) is 5.26 Å². The van der Waals surface area contributed by atoms with Crippen LogP contribution in [0, 0.1) is 18.3 Å².